The van der Waals surface area contributed by atoms with Gasteiger partial charge in [-0.25, -0.2) is 0 Å². The first-order chi connectivity index (χ1) is 9.52. The number of alkyl halides is 3. The van der Waals surface area contributed by atoms with E-state index in [0.717, 1.165) is 49.1 Å². The molecule has 0 radical (unpaired) electrons. The van der Waals surface area contributed by atoms with Gasteiger partial charge in [0.2, 0.25) is 0 Å². The lowest BCUT2D eigenvalue weighted by atomic mass is 10.1. The van der Waals surface area contributed by atoms with Crippen LogP contribution in [-0.2, 0) is 12.7 Å². The number of nitrogens with one attached hydrogen (secondary N) is 1. The van der Waals surface area contributed by atoms with Gasteiger partial charge in [0.25, 0.3) is 0 Å². The van der Waals surface area contributed by atoms with Gasteiger partial charge in [-0.15, -0.1) is 11.3 Å². The Bertz CT molecular complexity index is 600. The molecule has 0 aliphatic carbocycles. The van der Waals surface area contributed by atoms with Gasteiger partial charge in [-0.3, -0.25) is 4.90 Å². The van der Waals surface area contributed by atoms with Gasteiger partial charge in [0, 0.05) is 42.3 Å². The summed E-state index contributed by atoms with van der Waals surface area (Å²) in [6, 6.07) is 5.98. The second kappa shape index (κ2) is 5.35. The summed E-state index contributed by atoms with van der Waals surface area (Å²) in [5.74, 6) is 0. The largest absolute Gasteiger partial charge is 0.416 e. The summed E-state index contributed by atoms with van der Waals surface area (Å²) in [4.78, 5) is 3.45. The first-order valence-electron chi connectivity index (χ1n) is 6.55. The van der Waals surface area contributed by atoms with Crippen molar-refractivity contribution < 1.29 is 13.2 Å². The Morgan fingerprint density at radius 1 is 1.15 bits per heavy atom. The van der Waals surface area contributed by atoms with Gasteiger partial charge in [0.05, 0.1) is 5.56 Å². The van der Waals surface area contributed by atoms with Crippen LogP contribution in [0, 0.1) is 0 Å². The Kier molecular flexibility index (Phi) is 3.70. The Hall–Kier alpha value is -1.11. The lowest BCUT2D eigenvalue weighted by molar-refractivity contribution is -0.137. The monoisotopic (exact) mass is 300 g/mol. The average Bonchev–Trinajstić information content (AvgIpc) is 2.80. The van der Waals surface area contributed by atoms with Crippen LogP contribution in [0.25, 0.3) is 10.1 Å². The van der Waals surface area contributed by atoms with E-state index in [1.165, 1.54) is 17.4 Å². The van der Waals surface area contributed by atoms with Crippen molar-refractivity contribution in [2.75, 3.05) is 26.2 Å². The molecule has 1 aromatic carbocycles. The van der Waals surface area contributed by atoms with Gasteiger partial charge >= 0.3 is 6.18 Å². The predicted molar refractivity (Wildman–Crippen MR) is 75.0 cm³/mol. The number of halogens is 3. The summed E-state index contributed by atoms with van der Waals surface area (Å²) >= 11 is 1.46. The third kappa shape index (κ3) is 2.97. The number of benzene rings is 1. The van der Waals surface area contributed by atoms with Gasteiger partial charge < -0.3 is 5.32 Å². The van der Waals surface area contributed by atoms with E-state index in [4.69, 9.17) is 0 Å². The molecule has 0 bridgehead atoms. The second-order valence-electron chi connectivity index (χ2n) is 4.99. The van der Waals surface area contributed by atoms with Crippen LogP contribution in [0.2, 0.25) is 0 Å². The Labute approximate surface area is 119 Å². The number of rotatable bonds is 2. The molecule has 2 heterocycles. The number of fused-ring (bicyclic) bond motifs is 1. The molecule has 0 saturated carbocycles. The zero-order valence-electron chi connectivity index (χ0n) is 10.8. The molecular formula is C14H15F3N2S. The van der Waals surface area contributed by atoms with Gasteiger partial charge in [0.1, 0.15) is 0 Å². The zero-order valence-corrected chi connectivity index (χ0v) is 11.7. The number of piperazine rings is 1. The fourth-order valence-corrected chi connectivity index (χ4v) is 3.58. The Balaban J connectivity index is 1.83. The predicted octanol–water partition coefficient (Wildman–Crippen LogP) is 3.33. The number of thiophene rings is 1. The molecule has 0 amide bonds. The quantitative estimate of drug-likeness (QED) is 0.915. The zero-order chi connectivity index (χ0) is 14.2. The van der Waals surface area contributed by atoms with Crippen molar-refractivity contribution in [3.8, 4) is 0 Å². The second-order valence-corrected chi connectivity index (χ2v) is 6.16. The summed E-state index contributed by atoms with van der Waals surface area (Å²) in [6.45, 7) is 4.75. The molecule has 1 saturated heterocycles. The van der Waals surface area contributed by atoms with E-state index < -0.39 is 11.7 Å². The number of nitrogens with zero attached hydrogens (tertiary/aromatic N) is 1. The number of hydrogen-bond donors (Lipinski definition) is 1. The van der Waals surface area contributed by atoms with Crippen LogP contribution in [0.4, 0.5) is 13.2 Å². The fraction of sp³-hybridized carbons (Fsp3) is 0.429. The minimum Gasteiger partial charge on any atom is -0.314 e. The molecule has 1 fully saturated rings. The topological polar surface area (TPSA) is 15.3 Å². The molecule has 0 atom stereocenters. The molecule has 3 rings (SSSR count). The van der Waals surface area contributed by atoms with Gasteiger partial charge in [0.15, 0.2) is 0 Å². The van der Waals surface area contributed by atoms with Crippen LogP contribution in [-0.4, -0.2) is 31.1 Å². The highest BCUT2D eigenvalue weighted by atomic mass is 32.1. The SMILES string of the molecule is FC(F)(F)c1ccc2cc(CN3CCNCC3)sc2c1. The lowest BCUT2D eigenvalue weighted by Gasteiger charge is -2.26. The summed E-state index contributed by atoms with van der Waals surface area (Å²) < 4.78 is 38.8. The molecule has 1 aliphatic heterocycles. The van der Waals surface area contributed by atoms with Gasteiger partial charge in [-0.05, 0) is 23.6 Å². The van der Waals surface area contributed by atoms with Crippen molar-refractivity contribution in [3.05, 3.63) is 34.7 Å². The number of hydrogen-bond acceptors (Lipinski definition) is 3. The first-order valence-corrected chi connectivity index (χ1v) is 7.37. The van der Waals surface area contributed by atoms with E-state index in [1.54, 1.807) is 6.07 Å². The summed E-state index contributed by atoms with van der Waals surface area (Å²) in [7, 11) is 0. The highest BCUT2D eigenvalue weighted by Gasteiger charge is 2.30. The van der Waals surface area contributed by atoms with E-state index in [-0.39, 0.29) is 0 Å². The van der Waals surface area contributed by atoms with Crippen LogP contribution in [0.3, 0.4) is 0 Å². The minimum absolute atomic E-state index is 0.569. The standard InChI is InChI=1S/C14H15F3N2S/c15-14(16,17)11-2-1-10-7-12(20-13(10)8-11)9-19-5-3-18-4-6-19/h1-2,7-8,18H,3-6,9H2. The maximum atomic E-state index is 12.7. The molecule has 6 heteroatoms. The molecule has 0 spiro atoms. The fourth-order valence-electron chi connectivity index (χ4n) is 2.43. The smallest absolute Gasteiger partial charge is 0.314 e. The van der Waals surface area contributed by atoms with Crippen molar-refractivity contribution in [1.82, 2.24) is 10.2 Å². The van der Waals surface area contributed by atoms with Crippen molar-refractivity contribution in [3.63, 3.8) is 0 Å². The third-order valence-corrected chi connectivity index (χ3v) is 4.57. The molecule has 2 aromatic rings. The first kappa shape index (κ1) is 13.9. The normalized spacial score (nSPS) is 17.8. The average molecular weight is 300 g/mol. The Morgan fingerprint density at radius 3 is 2.60 bits per heavy atom. The van der Waals surface area contributed by atoms with E-state index >= 15 is 0 Å². The van der Waals surface area contributed by atoms with Crippen molar-refractivity contribution >= 4 is 21.4 Å². The molecule has 1 N–H and O–H groups in total. The molecule has 108 valence electrons. The molecule has 2 nitrogen and oxygen atoms in total. The molecular weight excluding hydrogens is 285 g/mol. The highest BCUT2D eigenvalue weighted by molar-refractivity contribution is 7.19. The van der Waals surface area contributed by atoms with Crippen LogP contribution in [0.15, 0.2) is 24.3 Å². The van der Waals surface area contributed by atoms with Gasteiger partial charge in [-0.1, -0.05) is 6.07 Å². The Morgan fingerprint density at radius 2 is 1.90 bits per heavy atom. The summed E-state index contributed by atoms with van der Waals surface area (Å²) in [5.41, 5.74) is -0.569. The van der Waals surface area contributed by atoms with Crippen LogP contribution >= 0.6 is 11.3 Å². The van der Waals surface area contributed by atoms with Crippen LogP contribution in [0.1, 0.15) is 10.4 Å². The molecule has 20 heavy (non-hydrogen) atoms. The maximum Gasteiger partial charge on any atom is 0.416 e. The van der Waals surface area contributed by atoms with E-state index in [9.17, 15) is 13.2 Å². The van der Waals surface area contributed by atoms with Crippen molar-refractivity contribution in [2.24, 2.45) is 0 Å². The summed E-state index contributed by atoms with van der Waals surface area (Å²) in [5, 5.41) is 4.18. The van der Waals surface area contributed by atoms with E-state index in [2.05, 4.69) is 10.2 Å². The highest BCUT2D eigenvalue weighted by Crippen LogP contribution is 2.34. The molecule has 1 aliphatic rings. The van der Waals surface area contributed by atoms with E-state index in [1.807, 2.05) is 6.07 Å². The molecule has 1 aromatic heterocycles. The van der Waals surface area contributed by atoms with Crippen LogP contribution in [0.5, 0.6) is 0 Å². The van der Waals surface area contributed by atoms with Gasteiger partial charge in [-0.2, -0.15) is 13.2 Å². The van der Waals surface area contributed by atoms with E-state index in [0.29, 0.717) is 4.70 Å². The summed E-state index contributed by atoms with van der Waals surface area (Å²) in [6.07, 6.45) is -4.27. The van der Waals surface area contributed by atoms with Crippen LogP contribution < -0.4 is 5.32 Å². The minimum atomic E-state index is -4.27. The maximum absolute atomic E-state index is 12.7. The van der Waals surface area contributed by atoms with Crippen molar-refractivity contribution in [2.45, 2.75) is 12.7 Å². The third-order valence-electron chi connectivity index (χ3n) is 3.49. The lowest BCUT2D eigenvalue weighted by Crippen LogP contribution is -2.42. The van der Waals surface area contributed by atoms with Crippen molar-refractivity contribution in [1.29, 1.82) is 0 Å². The molecule has 0 unspecified atom stereocenters.